The van der Waals surface area contributed by atoms with Gasteiger partial charge in [0.15, 0.2) is 5.78 Å². The molecule has 172 valence electrons. The summed E-state index contributed by atoms with van der Waals surface area (Å²) in [6.07, 6.45) is 1.62. The van der Waals surface area contributed by atoms with Crippen molar-refractivity contribution in [3.63, 3.8) is 0 Å². The maximum absolute atomic E-state index is 12.4. The van der Waals surface area contributed by atoms with Crippen molar-refractivity contribution in [1.82, 2.24) is 14.9 Å². The van der Waals surface area contributed by atoms with E-state index in [2.05, 4.69) is 20.7 Å². The summed E-state index contributed by atoms with van der Waals surface area (Å²) in [5, 5.41) is 12.6. The number of hydrazone groups is 1. The van der Waals surface area contributed by atoms with Crippen LogP contribution in [0, 0.1) is 0 Å². The second-order valence-corrected chi connectivity index (χ2v) is 7.92. The van der Waals surface area contributed by atoms with Crippen molar-refractivity contribution < 1.29 is 14.3 Å². The number of nitrogens with zero attached hydrogens (tertiary/aromatic N) is 4. The molecule has 0 atom stereocenters. The van der Waals surface area contributed by atoms with Gasteiger partial charge in [0, 0.05) is 5.56 Å². The zero-order valence-corrected chi connectivity index (χ0v) is 19.1. The third kappa shape index (κ3) is 5.93. The summed E-state index contributed by atoms with van der Waals surface area (Å²) >= 11 is 1.19. The Morgan fingerprint density at radius 2 is 1.79 bits per heavy atom. The maximum atomic E-state index is 12.4. The van der Waals surface area contributed by atoms with Crippen molar-refractivity contribution in [3.8, 4) is 17.2 Å². The number of benzene rings is 3. The van der Waals surface area contributed by atoms with Crippen molar-refractivity contribution in [2.75, 3.05) is 24.1 Å². The molecule has 3 N–H and O–H groups in total. The van der Waals surface area contributed by atoms with E-state index >= 15 is 0 Å². The summed E-state index contributed by atoms with van der Waals surface area (Å²) in [6, 6.07) is 23.9. The van der Waals surface area contributed by atoms with Crippen molar-refractivity contribution in [1.29, 1.82) is 0 Å². The highest BCUT2D eigenvalue weighted by atomic mass is 32.2. The molecule has 4 aromatic rings. The second-order valence-electron chi connectivity index (χ2n) is 6.97. The molecule has 0 aliphatic carbocycles. The lowest BCUT2D eigenvalue weighted by Crippen LogP contribution is -2.14. The molecular weight excluding hydrogens is 452 g/mol. The van der Waals surface area contributed by atoms with E-state index in [9.17, 15) is 4.79 Å². The summed E-state index contributed by atoms with van der Waals surface area (Å²) in [4.78, 5) is 12.4. The van der Waals surface area contributed by atoms with E-state index in [0.717, 1.165) is 11.3 Å². The molecule has 1 heterocycles. The first kappa shape index (κ1) is 22.9. The van der Waals surface area contributed by atoms with Crippen molar-refractivity contribution in [2.45, 2.75) is 5.16 Å². The number of anilines is 1. The number of carbonyl (C=O) groups is 1. The Labute approximate surface area is 200 Å². The number of Topliss-reactive ketones (excluding diaryl/α,β-unsaturated/α-hetero) is 1. The third-order valence-electron chi connectivity index (χ3n) is 4.62. The number of ketones is 1. The van der Waals surface area contributed by atoms with Gasteiger partial charge in [-0.05, 0) is 54.1 Å². The topological polar surface area (TPSA) is 117 Å². The number of aromatic nitrogens is 3. The Morgan fingerprint density at radius 3 is 2.56 bits per heavy atom. The normalized spacial score (nSPS) is 10.9. The van der Waals surface area contributed by atoms with E-state index < -0.39 is 0 Å². The maximum Gasteiger partial charge on any atom is 0.264 e. The Balaban J connectivity index is 1.32. The first-order chi connectivity index (χ1) is 16.6. The fraction of sp³-hybridized carbons (Fsp3) is 0.0833. The molecule has 0 spiro atoms. The highest BCUT2D eigenvalue weighted by Crippen LogP contribution is 2.22. The minimum atomic E-state index is -0.0548. The largest absolute Gasteiger partial charge is 0.497 e. The number of hydrogen-bond donors (Lipinski definition) is 2. The molecule has 0 fully saturated rings. The molecule has 0 amide bonds. The Kier molecular flexibility index (Phi) is 7.41. The molecule has 4 rings (SSSR count). The van der Waals surface area contributed by atoms with Gasteiger partial charge in [0.05, 0.1) is 19.1 Å². The molecule has 0 saturated heterocycles. The van der Waals surface area contributed by atoms with E-state index in [1.165, 1.54) is 16.4 Å². The number of nitrogens with one attached hydrogen (secondary N) is 1. The van der Waals surface area contributed by atoms with Crippen LogP contribution in [0.25, 0.3) is 0 Å². The minimum absolute atomic E-state index is 0.0548. The Bertz CT molecular complexity index is 1280. The van der Waals surface area contributed by atoms with Crippen molar-refractivity contribution in [2.24, 2.45) is 5.10 Å². The van der Waals surface area contributed by atoms with Crippen LogP contribution in [0.1, 0.15) is 15.9 Å². The smallest absolute Gasteiger partial charge is 0.264 e. The Hall–Kier alpha value is -4.31. The first-order valence-electron chi connectivity index (χ1n) is 10.2. The van der Waals surface area contributed by atoms with Crippen molar-refractivity contribution >= 4 is 29.7 Å². The van der Waals surface area contributed by atoms with Gasteiger partial charge in [-0.2, -0.15) is 5.10 Å². The monoisotopic (exact) mass is 474 g/mol. The molecule has 0 unspecified atom stereocenters. The van der Waals surface area contributed by atoms with Crippen LogP contribution in [0.5, 0.6) is 17.2 Å². The van der Waals surface area contributed by atoms with Crippen LogP contribution < -0.4 is 20.7 Å². The summed E-state index contributed by atoms with van der Waals surface area (Å²) in [6.45, 7) is 0. The SMILES string of the molecule is COc1ccc(C(=O)CSc2nnc(N/N=C/c3cccc(Oc4ccccc4)c3)n2N)cc1. The molecular formula is C24H22N6O3S. The van der Waals surface area contributed by atoms with E-state index in [1.807, 2.05) is 54.6 Å². The van der Waals surface area contributed by atoms with Gasteiger partial charge in [0.1, 0.15) is 17.2 Å². The number of nitrogens with two attached hydrogens (primary N) is 1. The average Bonchev–Trinajstić information content (AvgIpc) is 3.22. The number of methoxy groups -OCH3 is 1. The van der Waals surface area contributed by atoms with Gasteiger partial charge < -0.3 is 15.3 Å². The standard InChI is InChI=1S/C24H22N6O3S/c1-32-19-12-10-18(11-13-19)22(31)16-34-24-29-28-23(30(24)25)27-26-15-17-6-5-9-21(14-17)33-20-7-3-2-4-8-20/h2-15H,16,25H2,1H3,(H,27,28)/b26-15+. The second kappa shape index (κ2) is 11.0. The van der Waals surface area contributed by atoms with Gasteiger partial charge in [-0.1, -0.05) is 42.1 Å². The van der Waals surface area contributed by atoms with Crippen LogP contribution in [0.15, 0.2) is 89.1 Å². The van der Waals surface area contributed by atoms with Gasteiger partial charge in [0.2, 0.25) is 5.16 Å². The summed E-state index contributed by atoms with van der Waals surface area (Å²) < 4.78 is 12.2. The van der Waals surface area contributed by atoms with Gasteiger partial charge in [-0.3, -0.25) is 4.79 Å². The lowest BCUT2D eigenvalue weighted by molar-refractivity contribution is 0.102. The predicted molar refractivity (Wildman–Crippen MR) is 132 cm³/mol. The summed E-state index contributed by atoms with van der Waals surface area (Å²) in [5.74, 6) is 8.53. The predicted octanol–water partition coefficient (Wildman–Crippen LogP) is 4.21. The number of thioether (sulfide) groups is 1. The Morgan fingerprint density at radius 1 is 1.03 bits per heavy atom. The van der Waals surface area contributed by atoms with Crippen LogP contribution in [-0.4, -0.2) is 39.7 Å². The zero-order valence-electron chi connectivity index (χ0n) is 18.3. The third-order valence-corrected chi connectivity index (χ3v) is 5.57. The number of hydrogen-bond acceptors (Lipinski definition) is 9. The molecule has 10 heteroatoms. The van der Waals surface area contributed by atoms with Crippen LogP contribution >= 0.6 is 11.8 Å². The van der Waals surface area contributed by atoms with Gasteiger partial charge in [-0.15, -0.1) is 10.2 Å². The lowest BCUT2D eigenvalue weighted by atomic mass is 10.1. The molecule has 0 aliphatic rings. The molecule has 1 aromatic heterocycles. The van der Waals surface area contributed by atoms with E-state index in [-0.39, 0.29) is 17.5 Å². The van der Waals surface area contributed by atoms with Crippen LogP contribution in [0.4, 0.5) is 5.95 Å². The molecule has 0 saturated carbocycles. The highest BCUT2D eigenvalue weighted by molar-refractivity contribution is 7.99. The molecule has 3 aromatic carbocycles. The fourth-order valence-corrected chi connectivity index (χ4v) is 3.64. The van der Waals surface area contributed by atoms with E-state index in [4.69, 9.17) is 15.3 Å². The van der Waals surface area contributed by atoms with Crippen LogP contribution in [0.2, 0.25) is 0 Å². The average molecular weight is 475 g/mol. The van der Waals surface area contributed by atoms with Crippen molar-refractivity contribution in [3.05, 3.63) is 90.0 Å². The fourth-order valence-electron chi connectivity index (χ4n) is 2.89. The number of ether oxygens (including phenoxy) is 2. The number of para-hydroxylation sites is 1. The van der Waals surface area contributed by atoms with Crippen LogP contribution in [0.3, 0.4) is 0 Å². The molecule has 0 bridgehead atoms. The number of rotatable bonds is 10. The van der Waals surface area contributed by atoms with E-state index in [1.54, 1.807) is 37.6 Å². The number of nitrogen functional groups attached to an aromatic ring is 1. The number of carbonyl (C=O) groups excluding carboxylic acids is 1. The van der Waals surface area contributed by atoms with Gasteiger partial charge in [-0.25, -0.2) is 10.1 Å². The lowest BCUT2D eigenvalue weighted by Gasteiger charge is -2.06. The molecule has 34 heavy (non-hydrogen) atoms. The molecule has 0 aliphatic heterocycles. The first-order valence-corrected chi connectivity index (χ1v) is 11.2. The van der Waals surface area contributed by atoms with Gasteiger partial charge >= 0.3 is 0 Å². The van der Waals surface area contributed by atoms with Crippen LogP contribution in [-0.2, 0) is 0 Å². The van der Waals surface area contributed by atoms with E-state index in [0.29, 0.717) is 22.2 Å². The zero-order chi connectivity index (χ0) is 23.8. The quantitative estimate of drug-likeness (QED) is 0.115. The minimum Gasteiger partial charge on any atom is -0.497 e. The summed E-state index contributed by atoms with van der Waals surface area (Å²) in [7, 11) is 1.58. The van der Waals surface area contributed by atoms with Gasteiger partial charge in [0.25, 0.3) is 5.95 Å². The molecule has 0 radical (unpaired) electrons. The highest BCUT2D eigenvalue weighted by Gasteiger charge is 2.13. The molecule has 9 nitrogen and oxygen atoms in total. The summed E-state index contributed by atoms with van der Waals surface area (Å²) in [5.41, 5.74) is 4.17.